The third-order valence-electron chi connectivity index (χ3n) is 8.27. The Bertz CT molecular complexity index is 1220. The predicted molar refractivity (Wildman–Crippen MR) is 152 cm³/mol. The molecule has 6 atom stereocenters. The van der Waals surface area contributed by atoms with Crippen molar-refractivity contribution in [1.29, 1.82) is 0 Å². The Morgan fingerprint density at radius 3 is 2.33 bits per heavy atom. The molecule has 3 fully saturated rings. The van der Waals surface area contributed by atoms with E-state index in [2.05, 4.69) is 26.8 Å². The van der Waals surface area contributed by atoms with Crippen LogP contribution in [0, 0.1) is 5.92 Å². The largest absolute Gasteiger partial charge is 0.457 e. The maximum absolute atomic E-state index is 12.9. The highest BCUT2D eigenvalue weighted by Gasteiger charge is 2.72. The number of carbonyl (C=O) groups is 1. The summed E-state index contributed by atoms with van der Waals surface area (Å²) in [5, 5.41) is 0. The van der Waals surface area contributed by atoms with Crippen LogP contribution in [0.1, 0.15) is 51.2 Å². The average molecular weight is 549 g/mol. The molecule has 0 N–H and O–H groups in total. The van der Waals surface area contributed by atoms with Gasteiger partial charge in [-0.2, -0.15) is 0 Å². The zero-order chi connectivity index (χ0) is 28.3. The van der Waals surface area contributed by atoms with E-state index >= 15 is 0 Å². The van der Waals surface area contributed by atoms with Gasteiger partial charge in [0.1, 0.15) is 34.9 Å². The van der Waals surface area contributed by atoms with Crippen molar-refractivity contribution in [3.8, 4) is 11.5 Å². The summed E-state index contributed by atoms with van der Waals surface area (Å²) in [5.74, 6) is 1.07. The fourth-order valence-corrected chi connectivity index (χ4v) is 6.03. The Hall–Kier alpha value is -2.97. The first kappa shape index (κ1) is 28.6. The van der Waals surface area contributed by atoms with E-state index < -0.39 is 5.97 Å². The Labute approximate surface area is 237 Å². The van der Waals surface area contributed by atoms with Crippen molar-refractivity contribution in [2.75, 3.05) is 20.8 Å². The number of methoxy groups -OCH3 is 2. The lowest BCUT2D eigenvalue weighted by Gasteiger charge is -2.42. The van der Waals surface area contributed by atoms with Crippen LogP contribution in [0.4, 0.5) is 0 Å². The van der Waals surface area contributed by atoms with Gasteiger partial charge in [-0.3, -0.25) is 0 Å². The van der Waals surface area contributed by atoms with Crippen LogP contribution in [0.3, 0.4) is 0 Å². The lowest BCUT2D eigenvalue weighted by atomic mass is 9.68. The Morgan fingerprint density at radius 1 is 1.05 bits per heavy atom. The molecule has 40 heavy (non-hydrogen) atoms. The summed E-state index contributed by atoms with van der Waals surface area (Å²) >= 11 is 0. The van der Waals surface area contributed by atoms with Crippen LogP contribution in [0.5, 0.6) is 11.5 Å². The van der Waals surface area contributed by atoms with Gasteiger partial charge in [0.05, 0.1) is 25.2 Å². The van der Waals surface area contributed by atoms with E-state index in [1.54, 1.807) is 20.3 Å². The minimum absolute atomic E-state index is 0.000169. The number of hydrogen-bond donors (Lipinski definition) is 0. The van der Waals surface area contributed by atoms with E-state index in [0.717, 1.165) is 29.7 Å². The predicted octanol–water partition coefficient (Wildman–Crippen LogP) is 6.26. The van der Waals surface area contributed by atoms with Crippen LogP contribution < -0.4 is 4.74 Å². The summed E-state index contributed by atoms with van der Waals surface area (Å²) in [5.41, 5.74) is 2.62. The number of allylic oxidation sites excluding steroid dienone is 1. The highest BCUT2D eigenvalue weighted by atomic mass is 16.6. The molecule has 3 aliphatic rings. The van der Waals surface area contributed by atoms with Gasteiger partial charge in [0, 0.05) is 20.3 Å². The van der Waals surface area contributed by atoms with E-state index in [4.69, 9.17) is 28.4 Å². The van der Waals surface area contributed by atoms with Crippen LogP contribution in [-0.2, 0) is 35.1 Å². The molecule has 2 aliphatic heterocycles. The molecule has 7 nitrogen and oxygen atoms in total. The van der Waals surface area contributed by atoms with Crippen molar-refractivity contribution in [1.82, 2.24) is 0 Å². The number of hydrogen-bond acceptors (Lipinski definition) is 7. The summed E-state index contributed by atoms with van der Waals surface area (Å²) in [6.07, 6.45) is 7.27. The van der Waals surface area contributed by atoms with Gasteiger partial charge in [-0.1, -0.05) is 35.9 Å². The quantitative estimate of drug-likeness (QED) is 0.142. The van der Waals surface area contributed by atoms with Crippen molar-refractivity contribution in [2.45, 2.75) is 76.2 Å². The summed E-state index contributed by atoms with van der Waals surface area (Å²) < 4.78 is 35.2. The molecule has 1 aliphatic carbocycles. The van der Waals surface area contributed by atoms with Gasteiger partial charge in [-0.25, -0.2) is 4.79 Å². The SMILES string of the molecule is COCc1ccc(Oc2ccc(/C=C/C(=O)O[C@@H]3CC[C@]4(CO4)C([C@]4(C)O[C@H]4CC=C(C)C)[C@@H]3OC)cc2)cc1. The fraction of sp³-hybridized carbons (Fsp3) is 0.485. The number of esters is 1. The number of ether oxygens (including phenoxy) is 6. The first-order chi connectivity index (χ1) is 19.3. The van der Waals surface area contributed by atoms with Crippen LogP contribution in [-0.4, -0.2) is 56.3 Å². The Balaban J connectivity index is 1.18. The van der Waals surface area contributed by atoms with Crippen LogP contribution >= 0.6 is 0 Å². The molecule has 1 unspecified atom stereocenters. The van der Waals surface area contributed by atoms with Gasteiger partial charge in [0.25, 0.3) is 0 Å². The summed E-state index contributed by atoms with van der Waals surface area (Å²) in [6, 6.07) is 15.3. The fourth-order valence-electron chi connectivity index (χ4n) is 6.03. The molecule has 5 rings (SSSR count). The monoisotopic (exact) mass is 548 g/mol. The maximum atomic E-state index is 12.9. The molecule has 214 valence electrons. The number of carbonyl (C=O) groups excluding carboxylic acids is 1. The molecule has 2 aromatic rings. The molecule has 1 spiro atoms. The van der Waals surface area contributed by atoms with E-state index in [9.17, 15) is 4.79 Å². The first-order valence-electron chi connectivity index (χ1n) is 14.0. The lowest BCUT2D eigenvalue weighted by Crippen LogP contribution is -2.55. The van der Waals surface area contributed by atoms with Gasteiger partial charge >= 0.3 is 5.97 Å². The van der Waals surface area contributed by atoms with Crippen molar-refractivity contribution < 1.29 is 33.2 Å². The number of benzene rings is 2. The van der Waals surface area contributed by atoms with Gasteiger partial charge in [-0.15, -0.1) is 0 Å². The molecule has 2 aromatic carbocycles. The highest BCUT2D eigenvalue weighted by molar-refractivity contribution is 5.87. The average Bonchev–Trinajstić information content (AvgIpc) is 3.86. The molecule has 7 heteroatoms. The second-order valence-corrected chi connectivity index (χ2v) is 11.4. The molecular weight excluding hydrogens is 508 g/mol. The van der Waals surface area contributed by atoms with Crippen molar-refractivity contribution in [3.05, 3.63) is 77.4 Å². The molecule has 0 amide bonds. The summed E-state index contributed by atoms with van der Waals surface area (Å²) in [6.45, 7) is 7.60. The smallest absolute Gasteiger partial charge is 0.331 e. The maximum Gasteiger partial charge on any atom is 0.331 e. The standard InChI is InChI=1S/C33H40O7/c1-22(2)6-16-28-32(3,40-28)31-30(36-5)27(18-19-33(31)21-37-33)39-29(34)17-11-23-7-12-25(13-8-23)38-26-14-9-24(10-15-26)20-35-4/h6-15,17,27-28,30-31H,16,18-21H2,1-5H3/b17-11+/t27-,28+,30-,31?,32-,33+/m1/s1. The zero-order valence-corrected chi connectivity index (χ0v) is 24.1. The van der Waals surface area contributed by atoms with Crippen LogP contribution in [0.2, 0.25) is 0 Å². The van der Waals surface area contributed by atoms with E-state index in [1.165, 1.54) is 11.6 Å². The summed E-state index contributed by atoms with van der Waals surface area (Å²) in [4.78, 5) is 12.9. The van der Waals surface area contributed by atoms with E-state index in [-0.39, 0.29) is 35.4 Å². The van der Waals surface area contributed by atoms with Crippen molar-refractivity contribution >= 4 is 12.0 Å². The normalized spacial score (nSPS) is 30.7. The number of rotatable bonds is 11. The molecule has 2 saturated heterocycles. The van der Waals surface area contributed by atoms with Crippen LogP contribution in [0.25, 0.3) is 6.08 Å². The molecular formula is C33H40O7. The second-order valence-electron chi connectivity index (χ2n) is 11.4. The molecule has 0 bridgehead atoms. The molecule has 2 heterocycles. The van der Waals surface area contributed by atoms with E-state index in [1.807, 2.05) is 48.5 Å². The van der Waals surface area contributed by atoms with E-state index in [0.29, 0.717) is 25.4 Å². The molecule has 1 saturated carbocycles. The second kappa shape index (κ2) is 11.9. The van der Waals surface area contributed by atoms with Gasteiger partial charge < -0.3 is 28.4 Å². The summed E-state index contributed by atoms with van der Waals surface area (Å²) in [7, 11) is 3.36. The Morgan fingerprint density at radius 2 is 1.73 bits per heavy atom. The minimum Gasteiger partial charge on any atom is -0.457 e. The third-order valence-corrected chi connectivity index (χ3v) is 8.27. The zero-order valence-electron chi connectivity index (χ0n) is 24.1. The van der Waals surface area contributed by atoms with Gasteiger partial charge in [0.15, 0.2) is 0 Å². The van der Waals surface area contributed by atoms with Crippen LogP contribution in [0.15, 0.2) is 66.3 Å². The first-order valence-corrected chi connectivity index (χ1v) is 14.0. The topological polar surface area (TPSA) is 79.1 Å². The Kier molecular flexibility index (Phi) is 8.47. The van der Waals surface area contributed by atoms with Gasteiger partial charge in [0.2, 0.25) is 0 Å². The number of epoxide rings is 2. The lowest BCUT2D eigenvalue weighted by molar-refractivity contribution is -0.166. The van der Waals surface area contributed by atoms with Crippen molar-refractivity contribution in [2.24, 2.45) is 5.92 Å². The molecule has 0 aromatic heterocycles. The minimum atomic E-state index is -0.391. The van der Waals surface area contributed by atoms with Gasteiger partial charge in [-0.05, 0) is 81.5 Å². The molecule has 0 radical (unpaired) electrons. The highest BCUT2D eigenvalue weighted by Crippen LogP contribution is 2.59. The third kappa shape index (κ3) is 6.33. The van der Waals surface area contributed by atoms with Crippen molar-refractivity contribution in [3.63, 3.8) is 0 Å².